The van der Waals surface area contributed by atoms with Gasteiger partial charge in [-0.05, 0) is 80.1 Å². The molecular weight excluding hydrogens is 494 g/mol. The largest absolute Gasteiger partial charge is 0.342 e. The number of aryl methyl sites for hydroxylation is 1. The number of carbonyl (C=O) groups excluding carboxylic acids is 2. The maximum Gasteiger partial charge on any atom is 0.257 e. The maximum atomic E-state index is 13.3. The van der Waals surface area contributed by atoms with Crippen molar-refractivity contribution >= 4 is 29.3 Å². The highest BCUT2D eigenvalue weighted by Crippen LogP contribution is 2.30. The highest BCUT2D eigenvalue weighted by Gasteiger charge is 2.28. The Hall–Kier alpha value is -3.91. The predicted octanol–water partition coefficient (Wildman–Crippen LogP) is 5.50. The molecule has 4 aromatic rings. The van der Waals surface area contributed by atoms with Crippen LogP contribution in [0.5, 0.6) is 0 Å². The summed E-state index contributed by atoms with van der Waals surface area (Å²) in [6.45, 7) is 3.28. The molecule has 0 aliphatic carbocycles. The molecule has 3 heterocycles. The number of rotatable bonds is 7. The van der Waals surface area contributed by atoms with Gasteiger partial charge in [-0.2, -0.15) is 0 Å². The van der Waals surface area contributed by atoms with E-state index in [4.69, 9.17) is 4.98 Å². The minimum atomic E-state index is -0.171. The molecule has 1 aliphatic rings. The van der Waals surface area contributed by atoms with E-state index >= 15 is 0 Å². The molecule has 0 saturated carbocycles. The van der Waals surface area contributed by atoms with Gasteiger partial charge in [-0.3, -0.25) is 14.6 Å². The van der Waals surface area contributed by atoms with Gasteiger partial charge in [0.1, 0.15) is 0 Å². The van der Waals surface area contributed by atoms with E-state index < -0.39 is 0 Å². The number of likely N-dealkylation sites (tertiary alicyclic amines) is 1. The van der Waals surface area contributed by atoms with E-state index in [1.165, 1.54) is 4.90 Å². The Morgan fingerprint density at radius 2 is 1.74 bits per heavy atom. The smallest absolute Gasteiger partial charge is 0.257 e. The van der Waals surface area contributed by atoms with Gasteiger partial charge < -0.3 is 14.8 Å². The molecule has 7 nitrogen and oxygen atoms in total. The van der Waals surface area contributed by atoms with Gasteiger partial charge in [-0.25, -0.2) is 4.98 Å². The first-order chi connectivity index (χ1) is 18.5. The summed E-state index contributed by atoms with van der Waals surface area (Å²) in [7, 11) is 0. The van der Waals surface area contributed by atoms with Crippen LogP contribution in [0, 0.1) is 6.92 Å². The van der Waals surface area contributed by atoms with Crippen molar-refractivity contribution < 1.29 is 9.59 Å². The number of carbonyl (C=O) groups is 2. The molecule has 1 fully saturated rings. The summed E-state index contributed by atoms with van der Waals surface area (Å²) in [5, 5.41) is 3.02. The Morgan fingerprint density at radius 3 is 2.39 bits per heavy atom. The first-order valence-corrected chi connectivity index (χ1v) is 14.0. The van der Waals surface area contributed by atoms with Crippen LogP contribution in [-0.4, -0.2) is 50.6 Å². The minimum Gasteiger partial charge on any atom is -0.342 e. The number of benzene rings is 2. The maximum absolute atomic E-state index is 13.3. The molecule has 1 saturated heterocycles. The number of amides is 2. The summed E-state index contributed by atoms with van der Waals surface area (Å²) in [6, 6.07) is 19.6. The van der Waals surface area contributed by atoms with Crippen molar-refractivity contribution in [2.75, 3.05) is 24.7 Å². The van der Waals surface area contributed by atoms with Crippen LogP contribution < -0.4 is 5.32 Å². The topological polar surface area (TPSA) is 80.1 Å². The number of pyridine rings is 1. The fourth-order valence-corrected chi connectivity index (χ4v) is 5.25. The lowest BCUT2D eigenvalue weighted by atomic mass is 9.89. The van der Waals surface area contributed by atoms with Gasteiger partial charge in [0.2, 0.25) is 5.91 Å². The van der Waals surface area contributed by atoms with E-state index in [9.17, 15) is 9.59 Å². The van der Waals surface area contributed by atoms with E-state index in [0.29, 0.717) is 25.1 Å². The van der Waals surface area contributed by atoms with Crippen molar-refractivity contribution in [1.29, 1.82) is 0 Å². The summed E-state index contributed by atoms with van der Waals surface area (Å²) in [5.41, 5.74) is 5.01. The van der Waals surface area contributed by atoms with Gasteiger partial charge >= 0.3 is 0 Å². The lowest BCUT2D eigenvalue weighted by Crippen LogP contribution is -2.39. The van der Waals surface area contributed by atoms with Gasteiger partial charge in [-0.15, -0.1) is 11.8 Å². The average molecular weight is 526 g/mol. The number of anilines is 1. The monoisotopic (exact) mass is 525 g/mol. The van der Waals surface area contributed by atoms with Crippen LogP contribution in [0.15, 0.2) is 84.3 Å². The molecule has 1 N–H and O–H groups in total. The Kier molecular flexibility index (Phi) is 7.89. The van der Waals surface area contributed by atoms with Gasteiger partial charge in [-0.1, -0.05) is 12.1 Å². The second-order valence-corrected chi connectivity index (χ2v) is 10.4. The van der Waals surface area contributed by atoms with Crippen molar-refractivity contribution in [2.24, 2.45) is 0 Å². The number of hydrogen-bond donors (Lipinski definition) is 1. The number of aromatic nitrogens is 3. The van der Waals surface area contributed by atoms with Crippen LogP contribution in [0.1, 0.15) is 46.1 Å². The van der Waals surface area contributed by atoms with Crippen molar-refractivity contribution in [1.82, 2.24) is 19.4 Å². The normalized spacial score (nSPS) is 13.9. The quantitative estimate of drug-likeness (QED) is 0.322. The lowest BCUT2D eigenvalue weighted by Gasteiger charge is -2.32. The standard InChI is InChI=1S/C30H31N5O2S/c1-21-3-12-27(30(37)33-24-6-8-25(9-7-24)35-18-15-31-20-35)29(32-21)23-13-16-34(17-14-23)28(36)19-22-4-10-26(38-2)11-5-22/h3-12,15,18,20,23H,13-14,16-17,19H2,1-2H3,(H,33,37). The average Bonchev–Trinajstić information content (AvgIpc) is 3.49. The van der Waals surface area contributed by atoms with Crippen molar-refractivity contribution in [3.63, 3.8) is 0 Å². The molecule has 8 heteroatoms. The Labute approximate surface area is 227 Å². The highest BCUT2D eigenvalue weighted by atomic mass is 32.2. The summed E-state index contributed by atoms with van der Waals surface area (Å²) in [6.07, 6.45) is 9.37. The zero-order chi connectivity index (χ0) is 26.5. The molecule has 0 unspecified atom stereocenters. The number of nitrogens with one attached hydrogen (secondary N) is 1. The number of hydrogen-bond acceptors (Lipinski definition) is 5. The van der Waals surface area contributed by atoms with Gasteiger partial charge in [0.15, 0.2) is 0 Å². The first-order valence-electron chi connectivity index (χ1n) is 12.8. The third-order valence-corrected chi connectivity index (χ3v) is 7.73. The molecule has 0 spiro atoms. The number of imidazole rings is 1. The van der Waals surface area contributed by atoms with Crippen LogP contribution >= 0.6 is 11.8 Å². The summed E-state index contributed by atoms with van der Waals surface area (Å²) < 4.78 is 1.91. The summed E-state index contributed by atoms with van der Waals surface area (Å²) in [4.78, 5) is 38.2. The lowest BCUT2D eigenvalue weighted by molar-refractivity contribution is -0.131. The Morgan fingerprint density at radius 1 is 1.00 bits per heavy atom. The molecule has 2 aromatic heterocycles. The number of thioether (sulfide) groups is 1. The van der Waals surface area contributed by atoms with E-state index in [1.807, 2.05) is 77.4 Å². The predicted molar refractivity (Wildman–Crippen MR) is 151 cm³/mol. The molecule has 1 aliphatic heterocycles. The highest BCUT2D eigenvalue weighted by molar-refractivity contribution is 7.98. The molecule has 194 valence electrons. The molecule has 2 amide bonds. The van der Waals surface area contributed by atoms with E-state index in [1.54, 1.807) is 24.3 Å². The van der Waals surface area contributed by atoms with Crippen molar-refractivity contribution in [3.05, 3.63) is 102 Å². The van der Waals surface area contributed by atoms with Crippen molar-refractivity contribution in [2.45, 2.75) is 37.0 Å². The Bertz CT molecular complexity index is 1390. The number of nitrogens with zero attached hydrogens (tertiary/aromatic N) is 4. The summed E-state index contributed by atoms with van der Waals surface area (Å²) >= 11 is 1.69. The van der Waals surface area contributed by atoms with Crippen LogP contribution in [0.2, 0.25) is 0 Å². The van der Waals surface area contributed by atoms with Crippen LogP contribution in [-0.2, 0) is 11.2 Å². The zero-order valence-corrected chi connectivity index (χ0v) is 22.4. The third kappa shape index (κ3) is 5.97. The zero-order valence-electron chi connectivity index (χ0n) is 21.6. The minimum absolute atomic E-state index is 0.129. The third-order valence-electron chi connectivity index (χ3n) is 6.99. The molecule has 0 atom stereocenters. The SMILES string of the molecule is CSc1ccc(CC(=O)N2CCC(c3nc(C)ccc3C(=O)Nc3ccc(-n4ccnc4)cc3)CC2)cc1. The fraction of sp³-hybridized carbons (Fsp3) is 0.267. The first kappa shape index (κ1) is 25.7. The van der Waals surface area contributed by atoms with Gasteiger partial charge in [0.05, 0.1) is 24.0 Å². The van der Waals surface area contributed by atoms with E-state index in [-0.39, 0.29) is 17.7 Å². The van der Waals surface area contributed by atoms with Gasteiger partial charge in [0, 0.05) is 53.4 Å². The van der Waals surface area contributed by atoms with Crippen LogP contribution in [0.25, 0.3) is 5.69 Å². The Balaban J connectivity index is 1.23. The van der Waals surface area contributed by atoms with Gasteiger partial charge in [0.25, 0.3) is 5.91 Å². The molecule has 38 heavy (non-hydrogen) atoms. The second-order valence-electron chi connectivity index (χ2n) is 9.54. The molecular formula is C30H31N5O2S. The summed E-state index contributed by atoms with van der Waals surface area (Å²) in [5.74, 6) is 0.105. The molecule has 0 bridgehead atoms. The number of piperidine rings is 1. The molecule has 5 rings (SSSR count). The van der Waals surface area contributed by atoms with Crippen LogP contribution in [0.4, 0.5) is 5.69 Å². The second kappa shape index (κ2) is 11.6. The molecule has 0 radical (unpaired) electrons. The van der Waals surface area contributed by atoms with Crippen LogP contribution in [0.3, 0.4) is 0 Å². The van der Waals surface area contributed by atoms with E-state index in [0.717, 1.165) is 41.2 Å². The fourth-order valence-electron chi connectivity index (χ4n) is 4.84. The van der Waals surface area contributed by atoms with E-state index in [2.05, 4.69) is 22.4 Å². The molecule has 2 aromatic carbocycles. The van der Waals surface area contributed by atoms with Crippen molar-refractivity contribution in [3.8, 4) is 5.69 Å².